The lowest BCUT2D eigenvalue weighted by atomic mass is 10.3. The number of nitrogens with zero attached hydrogens (tertiary/aromatic N) is 1. The molecular weight excluding hydrogens is 186 g/mol. The van der Waals surface area contributed by atoms with E-state index in [-0.39, 0.29) is 18.5 Å². The van der Waals surface area contributed by atoms with Gasteiger partial charge in [0, 0.05) is 17.0 Å². The number of hydrogen-bond acceptors (Lipinski definition) is 4. The molecule has 0 bridgehead atoms. The number of hydrogen-bond donors (Lipinski definition) is 2. The Hall–Kier alpha value is -0.580. The van der Waals surface area contributed by atoms with E-state index in [0.29, 0.717) is 0 Å². The van der Waals surface area contributed by atoms with Crippen LogP contribution < -0.4 is 0 Å². The molecule has 72 valence electrons. The second-order valence-electron chi connectivity index (χ2n) is 2.74. The lowest BCUT2D eigenvalue weighted by Crippen LogP contribution is -2.03. The molecule has 1 aromatic rings. The average Bonchev–Trinajstić information content (AvgIpc) is 2.18. The fourth-order valence-electron chi connectivity index (χ4n) is 0.878. The first-order valence-corrected chi connectivity index (χ1v) is 4.98. The summed E-state index contributed by atoms with van der Waals surface area (Å²) in [7, 11) is 0. The number of rotatable bonds is 4. The zero-order valence-corrected chi connectivity index (χ0v) is 8.29. The number of aromatic nitrogens is 1. The molecule has 1 heterocycles. The van der Waals surface area contributed by atoms with E-state index in [1.54, 1.807) is 12.3 Å². The molecule has 0 aliphatic carbocycles. The van der Waals surface area contributed by atoms with Crippen LogP contribution in [-0.2, 0) is 6.61 Å². The summed E-state index contributed by atoms with van der Waals surface area (Å²) in [5, 5.41) is 18.7. The molecule has 1 atom stereocenters. The van der Waals surface area contributed by atoms with Crippen molar-refractivity contribution in [3.05, 3.63) is 23.9 Å². The van der Waals surface area contributed by atoms with Crippen molar-refractivity contribution in [2.45, 2.75) is 23.8 Å². The third-order valence-electron chi connectivity index (χ3n) is 1.59. The summed E-state index contributed by atoms with van der Waals surface area (Å²) in [6.07, 6.45) is 1.69. The van der Waals surface area contributed by atoms with Crippen LogP contribution in [0.3, 0.4) is 0 Å². The standard InChI is InChI=1S/C9H13NO2S/c1-7(5-11)13-9-8(6-12)3-2-4-10-9/h2-4,7,11-12H,5-6H2,1H3. The molecule has 3 nitrogen and oxygen atoms in total. The van der Waals surface area contributed by atoms with Crippen molar-refractivity contribution in [2.24, 2.45) is 0 Å². The Morgan fingerprint density at radius 2 is 2.31 bits per heavy atom. The highest BCUT2D eigenvalue weighted by Crippen LogP contribution is 2.23. The Balaban J connectivity index is 2.74. The van der Waals surface area contributed by atoms with E-state index >= 15 is 0 Å². The molecule has 0 amide bonds. The van der Waals surface area contributed by atoms with Crippen molar-refractivity contribution in [1.82, 2.24) is 4.98 Å². The van der Waals surface area contributed by atoms with Gasteiger partial charge >= 0.3 is 0 Å². The molecule has 0 aliphatic heterocycles. The van der Waals surface area contributed by atoms with Gasteiger partial charge in [0.2, 0.25) is 0 Å². The monoisotopic (exact) mass is 199 g/mol. The van der Waals surface area contributed by atoms with Crippen molar-refractivity contribution >= 4 is 11.8 Å². The van der Waals surface area contributed by atoms with Crippen LogP contribution in [0, 0.1) is 0 Å². The molecule has 0 radical (unpaired) electrons. The highest BCUT2D eigenvalue weighted by molar-refractivity contribution is 7.99. The van der Waals surface area contributed by atoms with Crippen LogP contribution in [-0.4, -0.2) is 27.1 Å². The van der Waals surface area contributed by atoms with Gasteiger partial charge in [0.1, 0.15) is 5.03 Å². The minimum absolute atomic E-state index is 0.00563. The van der Waals surface area contributed by atoms with Crippen LogP contribution in [0.15, 0.2) is 23.4 Å². The highest BCUT2D eigenvalue weighted by atomic mass is 32.2. The number of aliphatic hydroxyl groups excluding tert-OH is 2. The lowest BCUT2D eigenvalue weighted by molar-refractivity contribution is 0.277. The van der Waals surface area contributed by atoms with Gasteiger partial charge in [0.15, 0.2) is 0 Å². The molecule has 4 heteroatoms. The molecule has 0 aromatic carbocycles. The van der Waals surface area contributed by atoms with Crippen molar-refractivity contribution in [1.29, 1.82) is 0 Å². The largest absolute Gasteiger partial charge is 0.395 e. The quantitative estimate of drug-likeness (QED) is 0.712. The predicted octanol–water partition coefficient (Wildman–Crippen LogP) is 1.05. The molecule has 2 N–H and O–H groups in total. The van der Waals surface area contributed by atoms with Gasteiger partial charge in [-0.2, -0.15) is 0 Å². The van der Waals surface area contributed by atoms with Crippen LogP contribution in [0.25, 0.3) is 0 Å². The molecular formula is C9H13NO2S. The van der Waals surface area contributed by atoms with E-state index < -0.39 is 0 Å². The second kappa shape index (κ2) is 5.21. The SMILES string of the molecule is CC(CO)Sc1ncccc1CO. The maximum atomic E-state index is 8.99. The predicted molar refractivity (Wildman–Crippen MR) is 52.6 cm³/mol. The lowest BCUT2D eigenvalue weighted by Gasteiger charge is -2.09. The van der Waals surface area contributed by atoms with Gasteiger partial charge in [0.25, 0.3) is 0 Å². The molecule has 1 unspecified atom stereocenters. The summed E-state index contributed by atoms with van der Waals surface area (Å²) in [5.74, 6) is 0. The minimum Gasteiger partial charge on any atom is -0.395 e. The van der Waals surface area contributed by atoms with E-state index in [1.165, 1.54) is 11.8 Å². The summed E-state index contributed by atoms with van der Waals surface area (Å²) < 4.78 is 0. The van der Waals surface area contributed by atoms with Gasteiger partial charge in [-0.3, -0.25) is 0 Å². The highest BCUT2D eigenvalue weighted by Gasteiger charge is 2.07. The van der Waals surface area contributed by atoms with E-state index in [9.17, 15) is 0 Å². The molecule has 1 aromatic heterocycles. The van der Waals surface area contributed by atoms with E-state index in [4.69, 9.17) is 10.2 Å². The fourth-order valence-corrected chi connectivity index (χ4v) is 1.74. The Morgan fingerprint density at radius 3 is 2.92 bits per heavy atom. The van der Waals surface area contributed by atoms with Crippen LogP contribution in [0.1, 0.15) is 12.5 Å². The second-order valence-corrected chi connectivity index (χ2v) is 4.16. The summed E-state index contributed by atoms with van der Waals surface area (Å²) in [6.45, 7) is 2.03. The normalized spacial score (nSPS) is 12.8. The summed E-state index contributed by atoms with van der Waals surface area (Å²) in [6, 6.07) is 3.62. The van der Waals surface area contributed by atoms with Gasteiger partial charge in [-0.15, -0.1) is 11.8 Å². The van der Waals surface area contributed by atoms with Crippen molar-refractivity contribution < 1.29 is 10.2 Å². The Bertz CT molecular complexity index is 268. The molecule has 0 saturated heterocycles. The van der Waals surface area contributed by atoms with Gasteiger partial charge < -0.3 is 10.2 Å². The fraction of sp³-hybridized carbons (Fsp3) is 0.444. The zero-order valence-electron chi connectivity index (χ0n) is 7.47. The maximum Gasteiger partial charge on any atom is 0.102 e. The zero-order chi connectivity index (χ0) is 9.68. The first kappa shape index (κ1) is 10.5. The van der Waals surface area contributed by atoms with Crippen molar-refractivity contribution in [2.75, 3.05) is 6.61 Å². The number of aliphatic hydroxyl groups is 2. The summed E-state index contributed by atoms with van der Waals surface area (Å²) >= 11 is 1.47. The summed E-state index contributed by atoms with van der Waals surface area (Å²) in [5.41, 5.74) is 0.813. The van der Waals surface area contributed by atoms with E-state index in [0.717, 1.165) is 10.6 Å². The van der Waals surface area contributed by atoms with Gasteiger partial charge in [-0.25, -0.2) is 4.98 Å². The van der Waals surface area contributed by atoms with Gasteiger partial charge in [-0.1, -0.05) is 13.0 Å². The minimum atomic E-state index is -0.00563. The third kappa shape index (κ3) is 2.99. The van der Waals surface area contributed by atoms with E-state index in [2.05, 4.69) is 4.98 Å². The maximum absolute atomic E-state index is 8.99. The van der Waals surface area contributed by atoms with Gasteiger partial charge in [-0.05, 0) is 6.07 Å². The van der Waals surface area contributed by atoms with E-state index in [1.807, 2.05) is 13.0 Å². The molecule has 0 spiro atoms. The molecule has 0 aliphatic rings. The van der Waals surface area contributed by atoms with Crippen molar-refractivity contribution in [3.63, 3.8) is 0 Å². The molecule has 1 rings (SSSR count). The smallest absolute Gasteiger partial charge is 0.102 e. The average molecular weight is 199 g/mol. The molecule has 0 fully saturated rings. The van der Waals surface area contributed by atoms with Crippen LogP contribution in [0.2, 0.25) is 0 Å². The summed E-state index contributed by atoms with van der Waals surface area (Å²) in [4.78, 5) is 4.13. The number of thioether (sulfide) groups is 1. The first-order chi connectivity index (χ1) is 6.27. The third-order valence-corrected chi connectivity index (χ3v) is 2.73. The van der Waals surface area contributed by atoms with Gasteiger partial charge in [0.05, 0.1) is 13.2 Å². The Labute approximate surface area is 81.8 Å². The van der Waals surface area contributed by atoms with Crippen LogP contribution >= 0.6 is 11.8 Å². The Morgan fingerprint density at radius 1 is 1.54 bits per heavy atom. The van der Waals surface area contributed by atoms with Crippen LogP contribution in [0.5, 0.6) is 0 Å². The number of pyridine rings is 1. The molecule has 13 heavy (non-hydrogen) atoms. The first-order valence-electron chi connectivity index (χ1n) is 4.10. The van der Waals surface area contributed by atoms with Crippen molar-refractivity contribution in [3.8, 4) is 0 Å². The molecule has 0 saturated carbocycles. The van der Waals surface area contributed by atoms with Crippen LogP contribution in [0.4, 0.5) is 0 Å². The topological polar surface area (TPSA) is 53.4 Å². The Kier molecular flexibility index (Phi) is 4.21.